The van der Waals surface area contributed by atoms with Gasteiger partial charge in [-0.3, -0.25) is 0 Å². The van der Waals surface area contributed by atoms with Gasteiger partial charge < -0.3 is 10.1 Å². The van der Waals surface area contributed by atoms with Gasteiger partial charge in [-0.15, -0.1) is 0 Å². The topological polar surface area (TPSA) is 52.0 Å². The molecule has 5 nitrogen and oxygen atoms in total. The number of rotatable bonds is 2. The number of ether oxygens (including phenoxy) is 1. The van der Waals surface area contributed by atoms with Crippen molar-refractivity contribution in [2.24, 2.45) is 0 Å². The monoisotopic (exact) mass is 470 g/mol. The molecule has 152 valence electrons. The number of nitrogens with zero attached hydrogens (tertiary/aromatic N) is 3. The van der Waals surface area contributed by atoms with Crippen LogP contribution in [0.2, 0.25) is 0 Å². The number of para-hydroxylation sites is 1. The lowest BCUT2D eigenvalue weighted by atomic mass is 9.84. The summed E-state index contributed by atoms with van der Waals surface area (Å²) in [7, 11) is 0. The molecule has 1 aromatic heterocycles. The van der Waals surface area contributed by atoms with Gasteiger partial charge >= 0.3 is 0 Å². The third-order valence-electron chi connectivity index (χ3n) is 5.89. The lowest BCUT2D eigenvalue weighted by Gasteiger charge is -2.39. The van der Waals surface area contributed by atoms with Crippen LogP contribution in [-0.2, 0) is 0 Å². The minimum absolute atomic E-state index is 0.128. The Morgan fingerprint density at radius 1 is 0.935 bits per heavy atom. The Bertz CT molecular complexity index is 1310. The fraction of sp³-hybridized carbons (Fsp3) is 0.120. The van der Waals surface area contributed by atoms with Crippen molar-refractivity contribution >= 4 is 27.6 Å². The third kappa shape index (κ3) is 2.98. The minimum Gasteiger partial charge on any atom is -0.480 e. The largest absolute Gasteiger partial charge is 0.480 e. The van der Waals surface area contributed by atoms with Gasteiger partial charge in [0.2, 0.25) is 5.95 Å². The molecule has 31 heavy (non-hydrogen) atoms. The first-order valence-electron chi connectivity index (χ1n) is 10.2. The van der Waals surface area contributed by atoms with Crippen LogP contribution in [0.4, 0.5) is 5.95 Å². The van der Waals surface area contributed by atoms with Crippen LogP contribution in [0.5, 0.6) is 5.75 Å². The first-order chi connectivity index (χ1) is 15.2. The number of anilines is 1. The fourth-order valence-electron chi connectivity index (χ4n) is 4.40. The summed E-state index contributed by atoms with van der Waals surface area (Å²) in [5.74, 6) is 1.59. The number of hydrogen-bond acceptors (Lipinski definition) is 4. The molecule has 0 aliphatic carbocycles. The average molecular weight is 471 g/mol. The Kier molecular flexibility index (Phi) is 4.21. The van der Waals surface area contributed by atoms with Crippen molar-refractivity contribution in [1.82, 2.24) is 14.8 Å². The first kappa shape index (κ1) is 18.4. The second kappa shape index (κ2) is 7.10. The smallest absolute Gasteiger partial charge is 0.226 e. The Morgan fingerprint density at radius 3 is 2.48 bits per heavy atom. The van der Waals surface area contributed by atoms with Gasteiger partial charge in [0.05, 0.1) is 5.70 Å². The summed E-state index contributed by atoms with van der Waals surface area (Å²) in [6.07, 6.45) is 1.35. The van der Waals surface area contributed by atoms with Gasteiger partial charge in [0.25, 0.3) is 0 Å². The number of benzene rings is 3. The van der Waals surface area contributed by atoms with Crippen LogP contribution in [0.25, 0.3) is 5.70 Å². The molecule has 0 radical (unpaired) electrons. The zero-order chi connectivity index (χ0) is 20.9. The molecule has 0 fully saturated rings. The molecular formula is C25H19BrN4O. The van der Waals surface area contributed by atoms with E-state index in [4.69, 9.17) is 4.74 Å². The highest BCUT2D eigenvalue weighted by Crippen LogP contribution is 2.50. The van der Waals surface area contributed by atoms with E-state index in [0.29, 0.717) is 0 Å². The van der Waals surface area contributed by atoms with Gasteiger partial charge in [0.1, 0.15) is 24.2 Å². The van der Waals surface area contributed by atoms with Gasteiger partial charge in [0, 0.05) is 15.6 Å². The van der Waals surface area contributed by atoms with Crippen LogP contribution < -0.4 is 10.1 Å². The second-order valence-corrected chi connectivity index (χ2v) is 8.76. The van der Waals surface area contributed by atoms with Crippen molar-refractivity contribution in [3.8, 4) is 5.75 Å². The molecule has 2 atom stereocenters. The SMILES string of the molecule is Cc1ccc(C2C3=C(Nc4ncnn42)c2ccccc2OC3c2ccc(Br)cc2)cc1. The normalized spacial score (nSPS) is 19.0. The number of fused-ring (bicyclic) bond motifs is 3. The fourth-order valence-corrected chi connectivity index (χ4v) is 4.66. The maximum absolute atomic E-state index is 6.62. The van der Waals surface area contributed by atoms with E-state index in [1.165, 1.54) is 5.56 Å². The van der Waals surface area contributed by atoms with E-state index in [2.05, 4.69) is 92.9 Å². The van der Waals surface area contributed by atoms with Crippen molar-refractivity contribution in [3.05, 3.63) is 111 Å². The van der Waals surface area contributed by atoms with Crippen LogP contribution >= 0.6 is 15.9 Å². The minimum atomic E-state index is -0.255. The van der Waals surface area contributed by atoms with E-state index in [9.17, 15) is 0 Å². The molecule has 0 amide bonds. The molecule has 4 aromatic rings. The predicted molar refractivity (Wildman–Crippen MR) is 124 cm³/mol. The zero-order valence-corrected chi connectivity index (χ0v) is 18.4. The number of aromatic nitrogens is 3. The Balaban J connectivity index is 1.62. The molecule has 0 saturated carbocycles. The second-order valence-electron chi connectivity index (χ2n) is 7.84. The van der Waals surface area contributed by atoms with Gasteiger partial charge in [0.15, 0.2) is 0 Å². The summed E-state index contributed by atoms with van der Waals surface area (Å²) in [6, 6.07) is 25.0. The van der Waals surface area contributed by atoms with Gasteiger partial charge in [-0.05, 0) is 42.3 Å². The van der Waals surface area contributed by atoms with Crippen LogP contribution in [0.3, 0.4) is 0 Å². The molecule has 1 N–H and O–H groups in total. The molecule has 6 rings (SSSR count). The molecule has 2 unspecified atom stereocenters. The van der Waals surface area contributed by atoms with Crippen LogP contribution in [0.15, 0.2) is 89.2 Å². The van der Waals surface area contributed by atoms with E-state index >= 15 is 0 Å². The zero-order valence-electron chi connectivity index (χ0n) is 16.8. The highest BCUT2D eigenvalue weighted by atomic mass is 79.9. The van der Waals surface area contributed by atoms with Gasteiger partial charge in [-0.25, -0.2) is 4.68 Å². The first-order valence-corrected chi connectivity index (χ1v) is 11.0. The summed E-state index contributed by atoms with van der Waals surface area (Å²) < 4.78 is 9.61. The lowest BCUT2D eigenvalue weighted by molar-refractivity contribution is 0.223. The number of aryl methyl sites for hydroxylation is 1. The Labute approximate surface area is 188 Å². The molecular weight excluding hydrogens is 452 g/mol. The van der Waals surface area contributed by atoms with E-state index < -0.39 is 0 Å². The van der Waals surface area contributed by atoms with Crippen molar-refractivity contribution in [2.75, 3.05) is 5.32 Å². The van der Waals surface area contributed by atoms with Crippen LogP contribution in [-0.4, -0.2) is 14.8 Å². The van der Waals surface area contributed by atoms with E-state index in [1.54, 1.807) is 6.33 Å². The molecule has 3 aromatic carbocycles. The maximum Gasteiger partial charge on any atom is 0.226 e. The van der Waals surface area contributed by atoms with Crippen molar-refractivity contribution in [2.45, 2.75) is 19.1 Å². The summed E-state index contributed by atoms with van der Waals surface area (Å²) in [6.45, 7) is 2.10. The lowest BCUT2D eigenvalue weighted by Crippen LogP contribution is -2.32. The standard InChI is InChI=1S/C25H19BrN4O/c1-15-6-8-16(9-7-15)23-21-22(29-25-27-14-28-30(23)25)19-4-2-3-5-20(19)31-24(21)17-10-12-18(26)13-11-17/h2-14,23-24H,1H3,(H,27,28,29). The molecule has 2 aliphatic heterocycles. The van der Waals surface area contributed by atoms with Gasteiger partial charge in [-0.2, -0.15) is 10.1 Å². The number of halogens is 1. The molecule has 2 aliphatic rings. The quantitative estimate of drug-likeness (QED) is 0.395. The van der Waals surface area contributed by atoms with Crippen LogP contribution in [0.1, 0.15) is 34.4 Å². The highest BCUT2D eigenvalue weighted by molar-refractivity contribution is 9.10. The molecule has 6 heteroatoms. The molecule has 0 spiro atoms. The van der Waals surface area contributed by atoms with Crippen LogP contribution in [0, 0.1) is 6.92 Å². The third-order valence-corrected chi connectivity index (χ3v) is 6.42. The average Bonchev–Trinajstić information content (AvgIpc) is 3.27. The van der Waals surface area contributed by atoms with Gasteiger partial charge in [-0.1, -0.05) is 70.0 Å². The highest BCUT2D eigenvalue weighted by Gasteiger charge is 2.40. The molecule has 0 saturated heterocycles. The predicted octanol–water partition coefficient (Wildman–Crippen LogP) is 5.91. The maximum atomic E-state index is 6.62. The van der Waals surface area contributed by atoms with E-state index in [0.717, 1.165) is 44.1 Å². The summed E-state index contributed by atoms with van der Waals surface area (Å²) >= 11 is 3.55. The van der Waals surface area contributed by atoms with Crippen molar-refractivity contribution in [1.29, 1.82) is 0 Å². The molecule has 0 bridgehead atoms. The molecule has 3 heterocycles. The van der Waals surface area contributed by atoms with Crippen molar-refractivity contribution < 1.29 is 4.74 Å². The Hall–Kier alpha value is -3.38. The summed E-state index contributed by atoms with van der Waals surface area (Å²) in [5, 5.41) is 8.11. The number of nitrogens with one attached hydrogen (secondary N) is 1. The summed E-state index contributed by atoms with van der Waals surface area (Å²) in [5.41, 5.74) is 6.67. The summed E-state index contributed by atoms with van der Waals surface area (Å²) in [4.78, 5) is 4.48. The van der Waals surface area contributed by atoms with E-state index in [-0.39, 0.29) is 12.1 Å². The van der Waals surface area contributed by atoms with E-state index in [1.807, 2.05) is 22.9 Å². The van der Waals surface area contributed by atoms with Crippen molar-refractivity contribution in [3.63, 3.8) is 0 Å². The number of hydrogen-bond donors (Lipinski definition) is 1. The Morgan fingerprint density at radius 2 is 1.68 bits per heavy atom.